The molecule has 1 aromatic heterocycles. The summed E-state index contributed by atoms with van der Waals surface area (Å²) in [5.74, 6) is -0.0215. The number of nitrogens with two attached hydrogens (primary N) is 1. The number of para-hydroxylation sites is 1. The molecule has 0 amide bonds. The summed E-state index contributed by atoms with van der Waals surface area (Å²) in [5, 5.41) is 4.31. The molecule has 0 aliphatic carbocycles. The van der Waals surface area contributed by atoms with Gasteiger partial charge < -0.3 is 15.2 Å². The summed E-state index contributed by atoms with van der Waals surface area (Å²) in [6.07, 6.45) is 0. The molecule has 0 spiro atoms. The van der Waals surface area contributed by atoms with Crippen LogP contribution in [0.1, 0.15) is 28.7 Å². The first-order chi connectivity index (χ1) is 10.1. The lowest BCUT2D eigenvalue weighted by Gasteiger charge is -2.10. The van der Waals surface area contributed by atoms with Gasteiger partial charge in [-0.1, -0.05) is 6.07 Å². The molecule has 0 bridgehead atoms. The minimum Gasteiger partial charge on any atom is -0.495 e. The number of benzene rings is 1. The third kappa shape index (κ3) is 3.16. The molecule has 2 rings (SSSR count). The van der Waals surface area contributed by atoms with Crippen LogP contribution in [0.15, 0.2) is 24.3 Å². The number of anilines is 1. The number of methoxy groups -OCH3 is 1. The highest BCUT2D eigenvalue weighted by Crippen LogP contribution is 2.25. The smallest absolute Gasteiger partial charge is 0.340 e. The third-order valence-electron chi connectivity index (χ3n) is 3.14. The maximum Gasteiger partial charge on any atom is 0.340 e. The predicted octanol–water partition coefficient (Wildman–Crippen LogP) is 2.16. The molecule has 0 fully saturated rings. The van der Waals surface area contributed by atoms with Gasteiger partial charge in [0.05, 0.1) is 29.7 Å². The van der Waals surface area contributed by atoms with E-state index < -0.39 is 5.97 Å². The van der Waals surface area contributed by atoms with Gasteiger partial charge in [-0.15, -0.1) is 0 Å². The number of hydrogen-bond acceptors (Lipinski definition) is 5. The van der Waals surface area contributed by atoms with Crippen molar-refractivity contribution in [2.45, 2.75) is 27.0 Å². The molecule has 0 aliphatic rings. The molecular formula is C15H19N3O3. The van der Waals surface area contributed by atoms with Crippen LogP contribution in [0.4, 0.5) is 5.69 Å². The maximum absolute atomic E-state index is 12.1. The summed E-state index contributed by atoms with van der Waals surface area (Å²) in [6, 6.07) is 6.90. The zero-order chi connectivity index (χ0) is 15.4. The molecule has 1 aromatic carbocycles. The van der Waals surface area contributed by atoms with Crippen LogP contribution in [-0.2, 0) is 17.9 Å². The summed E-state index contributed by atoms with van der Waals surface area (Å²) in [5.41, 5.74) is 8.21. The van der Waals surface area contributed by atoms with E-state index in [-0.39, 0.29) is 12.3 Å². The minimum absolute atomic E-state index is 0.157. The molecule has 6 heteroatoms. The lowest BCUT2D eigenvalue weighted by Crippen LogP contribution is -2.11. The Hall–Kier alpha value is -2.50. The van der Waals surface area contributed by atoms with Gasteiger partial charge in [0.25, 0.3) is 0 Å². The van der Waals surface area contributed by atoms with Crippen LogP contribution >= 0.6 is 0 Å². The van der Waals surface area contributed by atoms with Crippen LogP contribution in [0.5, 0.6) is 5.75 Å². The van der Waals surface area contributed by atoms with E-state index in [0.29, 0.717) is 11.3 Å². The van der Waals surface area contributed by atoms with Crippen molar-refractivity contribution in [1.29, 1.82) is 0 Å². The van der Waals surface area contributed by atoms with Gasteiger partial charge >= 0.3 is 5.97 Å². The molecule has 21 heavy (non-hydrogen) atoms. The number of aryl methyl sites for hydroxylation is 2. The second-order valence-electron chi connectivity index (χ2n) is 4.59. The number of aromatic nitrogens is 2. The van der Waals surface area contributed by atoms with Gasteiger partial charge in [-0.3, -0.25) is 4.68 Å². The first-order valence-electron chi connectivity index (χ1n) is 6.69. The van der Waals surface area contributed by atoms with Crippen molar-refractivity contribution in [1.82, 2.24) is 9.78 Å². The standard InChI is InChI=1S/C15H19N3O3/c1-4-18-11(8-10(2)17-18)9-21-15(19)12-6-5-7-13(20-3)14(12)16/h5-8H,4,9,16H2,1-3H3. The Kier molecular flexibility index (Phi) is 4.47. The summed E-state index contributed by atoms with van der Waals surface area (Å²) in [4.78, 5) is 12.1. The molecule has 2 N–H and O–H groups in total. The molecule has 112 valence electrons. The number of rotatable bonds is 5. The second-order valence-corrected chi connectivity index (χ2v) is 4.59. The van der Waals surface area contributed by atoms with Gasteiger partial charge in [0.1, 0.15) is 12.4 Å². The monoisotopic (exact) mass is 289 g/mol. The SMILES string of the molecule is CCn1nc(C)cc1COC(=O)c1cccc(OC)c1N. The number of nitrogen functional groups attached to an aromatic ring is 1. The molecule has 0 unspecified atom stereocenters. The first kappa shape index (κ1) is 14.9. The Morgan fingerprint density at radius 1 is 1.43 bits per heavy atom. The number of carbonyl (C=O) groups excluding carboxylic acids is 1. The van der Waals surface area contributed by atoms with Gasteiger partial charge in [-0.05, 0) is 32.0 Å². The lowest BCUT2D eigenvalue weighted by atomic mass is 10.1. The van der Waals surface area contributed by atoms with Gasteiger partial charge in [0, 0.05) is 6.54 Å². The predicted molar refractivity (Wildman–Crippen MR) is 79.2 cm³/mol. The third-order valence-corrected chi connectivity index (χ3v) is 3.14. The summed E-state index contributed by atoms with van der Waals surface area (Å²) in [7, 11) is 1.50. The highest BCUT2D eigenvalue weighted by Gasteiger charge is 2.15. The Labute approximate surface area is 123 Å². The Balaban J connectivity index is 2.12. The van der Waals surface area contributed by atoms with Gasteiger partial charge in [-0.25, -0.2) is 4.79 Å². The molecule has 6 nitrogen and oxygen atoms in total. The van der Waals surface area contributed by atoms with Gasteiger partial charge in [-0.2, -0.15) is 5.10 Å². The fourth-order valence-electron chi connectivity index (χ4n) is 2.11. The van der Waals surface area contributed by atoms with Crippen LogP contribution in [0.3, 0.4) is 0 Å². The average molecular weight is 289 g/mol. The summed E-state index contributed by atoms with van der Waals surface area (Å²) < 4.78 is 12.2. The molecule has 2 aromatic rings. The van der Waals surface area contributed by atoms with Crippen molar-refractivity contribution >= 4 is 11.7 Å². The number of ether oxygens (including phenoxy) is 2. The largest absolute Gasteiger partial charge is 0.495 e. The number of nitrogens with zero attached hydrogens (tertiary/aromatic N) is 2. The Bertz CT molecular complexity index is 650. The van der Waals surface area contributed by atoms with E-state index in [9.17, 15) is 4.79 Å². The zero-order valence-corrected chi connectivity index (χ0v) is 12.4. The molecular weight excluding hydrogens is 270 g/mol. The number of hydrogen-bond donors (Lipinski definition) is 1. The molecule has 0 saturated heterocycles. The Morgan fingerprint density at radius 2 is 2.19 bits per heavy atom. The molecule has 0 aliphatic heterocycles. The quantitative estimate of drug-likeness (QED) is 0.674. The average Bonchev–Trinajstić information content (AvgIpc) is 2.85. The zero-order valence-electron chi connectivity index (χ0n) is 12.4. The van der Waals surface area contributed by atoms with Crippen molar-refractivity contribution < 1.29 is 14.3 Å². The molecule has 0 radical (unpaired) electrons. The Morgan fingerprint density at radius 3 is 2.86 bits per heavy atom. The van der Waals surface area contributed by atoms with Crippen LogP contribution in [0.2, 0.25) is 0 Å². The van der Waals surface area contributed by atoms with E-state index in [1.165, 1.54) is 7.11 Å². The first-order valence-corrected chi connectivity index (χ1v) is 6.69. The summed E-state index contributed by atoms with van der Waals surface area (Å²) in [6.45, 7) is 4.77. The molecule has 0 saturated carbocycles. The highest BCUT2D eigenvalue weighted by atomic mass is 16.5. The van der Waals surface area contributed by atoms with E-state index in [2.05, 4.69) is 5.10 Å². The van der Waals surface area contributed by atoms with E-state index in [1.54, 1.807) is 22.9 Å². The van der Waals surface area contributed by atoms with Gasteiger partial charge in [0.15, 0.2) is 0 Å². The molecule has 1 heterocycles. The second kappa shape index (κ2) is 6.30. The summed E-state index contributed by atoms with van der Waals surface area (Å²) >= 11 is 0. The maximum atomic E-state index is 12.1. The fourth-order valence-corrected chi connectivity index (χ4v) is 2.11. The number of carbonyl (C=O) groups is 1. The van der Waals surface area contributed by atoms with Crippen molar-refractivity contribution in [2.24, 2.45) is 0 Å². The van der Waals surface area contributed by atoms with Crippen LogP contribution < -0.4 is 10.5 Å². The topological polar surface area (TPSA) is 79.4 Å². The van der Waals surface area contributed by atoms with E-state index >= 15 is 0 Å². The van der Waals surface area contributed by atoms with Gasteiger partial charge in [0.2, 0.25) is 0 Å². The number of esters is 1. The normalized spacial score (nSPS) is 10.4. The van der Waals surface area contributed by atoms with Crippen molar-refractivity contribution in [3.63, 3.8) is 0 Å². The van der Waals surface area contributed by atoms with Crippen LogP contribution in [0, 0.1) is 6.92 Å². The van der Waals surface area contributed by atoms with Crippen LogP contribution in [0.25, 0.3) is 0 Å². The van der Waals surface area contributed by atoms with E-state index in [0.717, 1.165) is 17.9 Å². The van der Waals surface area contributed by atoms with E-state index in [1.807, 2.05) is 19.9 Å². The van der Waals surface area contributed by atoms with Crippen molar-refractivity contribution in [2.75, 3.05) is 12.8 Å². The highest BCUT2D eigenvalue weighted by molar-refractivity contribution is 5.96. The van der Waals surface area contributed by atoms with Crippen molar-refractivity contribution in [3.05, 3.63) is 41.2 Å². The molecule has 0 atom stereocenters. The van der Waals surface area contributed by atoms with Crippen LogP contribution in [-0.4, -0.2) is 22.9 Å². The van der Waals surface area contributed by atoms with E-state index in [4.69, 9.17) is 15.2 Å². The van der Waals surface area contributed by atoms with Crippen molar-refractivity contribution in [3.8, 4) is 5.75 Å². The lowest BCUT2D eigenvalue weighted by molar-refractivity contribution is 0.0463. The fraction of sp³-hybridized carbons (Fsp3) is 0.333. The minimum atomic E-state index is -0.479.